The van der Waals surface area contributed by atoms with Gasteiger partial charge in [-0.15, -0.1) is 11.3 Å². The maximum absolute atomic E-state index is 4.98. The molecule has 0 atom stereocenters. The van der Waals surface area contributed by atoms with Crippen molar-refractivity contribution in [1.29, 1.82) is 0 Å². The average molecular weight is 350 g/mol. The maximum atomic E-state index is 4.98. The Morgan fingerprint density at radius 3 is 2.72 bits per heavy atom. The summed E-state index contributed by atoms with van der Waals surface area (Å²) >= 11 is 1.69. The Bertz CT molecular complexity index is 953. The average Bonchev–Trinajstić information content (AvgIpc) is 3.00. The van der Waals surface area contributed by atoms with Crippen molar-refractivity contribution in [2.45, 2.75) is 45.1 Å². The van der Waals surface area contributed by atoms with Crippen molar-refractivity contribution < 1.29 is 0 Å². The topological polar surface area (TPSA) is 29.6 Å². The van der Waals surface area contributed by atoms with Crippen LogP contribution in [-0.4, -0.2) is 16.9 Å². The molecule has 0 unspecified atom stereocenters. The zero-order valence-electron chi connectivity index (χ0n) is 14.6. The molecule has 2 aromatic carbocycles. The summed E-state index contributed by atoms with van der Waals surface area (Å²) in [7, 11) is 0. The van der Waals surface area contributed by atoms with Gasteiger partial charge in [-0.25, -0.2) is 4.68 Å². The fourth-order valence-electron chi connectivity index (χ4n) is 3.46. The molecule has 128 valence electrons. The highest BCUT2D eigenvalue weighted by Crippen LogP contribution is 2.20. The third-order valence-electron chi connectivity index (χ3n) is 4.85. The van der Waals surface area contributed by atoms with E-state index >= 15 is 0 Å². The fraction of sp³-hybridized carbons (Fsp3) is 0.333. The minimum absolute atomic E-state index is 0.464. The van der Waals surface area contributed by atoms with E-state index in [2.05, 4.69) is 54.8 Å². The second-order valence-electron chi connectivity index (χ2n) is 6.71. The van der Waals surface area contributed by atoms with Crippen molar-refractivity contribution in [1.82, 2.24) is 4.68 Å². The number of fused-ring (bicyclic) bond motifs is 1. The maximum Gasteiger partial charge on any atom is 0.206 e. The van der Waals surface area contributed by atoms with Crippen molar-refractivity contribution >= 4 is 28.3 Å². The number of hydrogen-bond donors (Lipinski definition) is 0. The lowest BCUT2D eigenvalue weighted by atomic mass is 9.96. The summed E-state index contributed by atoms with van der Waals surface area (Å²) < 4.78 is 1.99. The normalized spacial score (nSPS) is 16.9. The number of benzene rings is 2. The number of thiazole rings is 1. The summed E-state index contributed by atoms with van der Waals surface area (Å²) in [6.07, 6.45) is 8.35. The number of aryl methyl sites for hydroxylation is 1. The number of aromatic nitrogens is 1. The predicted octanol–water partition coefficient (Wildman–Crippen LogP) is 5.13. The first-order valence-electron chi connectivity index (χ1n) is 9.04. The van der Waals surface area contributed by atoms with Crippen molar-refractivity contribution in [2.24, 2.45) is 10.1 Å². The molecule has 1 aliphatic rings. The van der Waals surface area contributed by atoms with Gasteiger partial charge in [0.25, 0.3) is 0 Å². The lowest BCUT2D eigenvalue weighted by Crippen LogP contribution is -2.19. The summed E-state index contributed by atoms with van der Waals surface area (Å²) in [5.74, 6) is 0. The van der Waals surface area contributed by atoms with Crippen LogP contribution in [0.3, 0.4) is 0 Å². The summed E-state index contributed by atoms with van der Waals surface area (Å²) in [6, 6.07) is 15.2. The van der Waals surface area contributed by atoms with Gasteiger partial charge in [-0.3, -0.25) is 4.99 Å². The first kappa shape index (κ1) is 16.3. The van der Waals surface area contributed by atoms with Crippen LogP contribution in [-0.2, 0) is 0 Å². The summed E-state index contributed by atoms with van der Waals surface area (Å²) in [6.45, 7) is 2.09. The quantitative estimate of drug-likeness (QED) is 0.587. The number of hydrogen-bond acceptors (Lipinski definition) is 3. The van der Waals surface area contributed by atoms with Crippen LogP contribution in [0.5, 0.6) is 0 Å². The van der Waals surface area contributed by atoms with Crippen molar-refractivity contribution in [3.63, 3.8) is 0 Å². The van der Waals surface area contributed by atoms with E-state index in [9.17, 15) is 0 Å². The smallest absolute Gasteiger partial charge is 0.206 e. The molecule has 0 amide bonds. The Labute approximate surface area is 152 Å². The highest BCUT2D eigenvalue weighted by molar-refractivity contribution is 7.07. The van der Waals surface area contributed by atoms with E-state index in [-0.39, 0.29) is 0 Å². The molecule has 1 aromatic heterocycles. The van der Waals surface area contributed by atoms with E-state index in [0.717, 1.165) is 16.1 Å². The van der Waals surface area contributed by atoms with Crippen molar-refractivity contribution in [2.75, 3.05) is 0 Å². The summed E-state index contributed by atoms with van der Waals surface area (Å²) in [4.78, 5) is 6.00. The molecule has 1 heterocycles. The first-order valence-corrected chi connectivity index (χ1v) is 9.92. The van der Waals surface area contributed by atoms with Gasteiger partial charge >= 0.3 is 0 Å². The SMILES string of the molecule is Cc1csc(=NC2CCCCC2)n1N=Cc1cccc2ccccc12. The van der Waals surface area contributed by atoms with E-state index < -0.39 is 0 Å². The van der Waals surface area contributed by atoms with Crippen molar-refractivity contribution in [3.05, 3.63) is 63.9 Å². The van der Waals surface area contributed by atoms with Crippen molar-refractivity contribution in [3.8, 4) is 0 Å². The molecule has 0 spiro atoms. The molecular weight excluding hydrogens is 326 g/mol. The molecule has 1 aliphatic carbocycles. The standard InChI is InChI=1S/C21H23N3S/c1-16-15-25-21(23-19-11-3-2-4-12-19)24(16)22-14-18-10-7-9-17-8-5-6-13-20(17)18/h5-10,13-15,19H,2-4,11-12H2,1H3. The molecule has 0 radical (unpaired) electrons. The Morgan fingerprint density at radius 1 is 1.04 bits per heavy atom. The highest BCUT2D eigenvalue weighted by Gasteiger charge is 2.12. The van der Waals surface area contributed by atoms with Crippen LogP contribution in [0.15, 0.2) is 57.9 Å². The van der Waals surface area contributed by atoms with Crippen LogP contribution in [0.25, 0.3) is 10.8 Å². The summed E-state index contributed by atoms with van der Waals surface area (Å²) in [5.41, 5.74) is 2.27. The van der Waals surface area contributed by atoms with Gasteiger partial charge in [0.1, 0.15) is 0 Å². The predicted molar refractivity (Wildman–Crippen MR) is 106 cm³/mol. The van der Waals surface area contributed by atoms with Crippen LogP contribution in [0, 0.1) is 6.92 Å². The van der Waals surface area contributed by atoms with Crippen LogP contribution in [0.2, 0.25) is 0 Å². The van der Waals surface area contributed by atoms with Gasteiger partial charge in [0.2, 0.25) is 4.80 Å². The second kappa shape index (κ2) is 7.36. The Kier molecular flexibility index (Phi) is 4.79. The molecule has 1 fully saturated rings. The monoisotopic (exact) mass is 349 g/mol. The van der Waals surface area contributed by atoms with Gasteiger partial charge < -0.3 is 0 Å². The van der Waals surface area contributed by atoms with E-state index in [1.165, 1.54) is 42.9 Å². The van der Waals surface area contributed by atoms with Gasteiger partial charge in [0, 0.05) is 10.9 Å². The van der Waals surface area contributed by atoms with Gasteiger partial charge in [-0.1, -0.05) is 61.7 Å². The van der Waals surface area contributed by atoms with Crippen LogP contribution in [0.4, 0.5) is 0 Å². The van der Waals surface area contributed by atoms with E-state index in [1.807, 2.05) is 10.9 Å². The third-order valence-corrected chi connectivity index (χ3v) is 5.80. The molecule has 25 heavy (non-hydrogen) atoms. The van der Waals surface area contributed by atoms with E-state index in [4.69, 9.17) is 10.1 Å². The molecule has 0 bridgehead atoms. The Morgan fingerprint density at radius 2 is 1.84 bits per heavy atom. The first-order chi connectivity index (χ1) is 12.3. The van der Waals surface area contributed by atoms with Gasteiger partial charge in [0.15, 0.2) is 0 Å². The molecule has 3 nitrogen and oxygen atoms in total. The van der Waals surface area contributed by atoms with Gasteiger partial charge in [-0.05, 0) is 30.5 Å². The molecular formula is C21H23N3S. The zero-order chi connectivity index (χ0) is 17.1. The number of rotatable bonds is 3. The van der Waals surface area contributed by atoms with Crippen LogP contribution >= 0.6 is 11.3 Å². The molecule has 0 aliphatic heterocycles. The third kappa shape index (κ3) is 3.59. The second-order valence-corrected chi connectivity index (χ2v) is 7.54. The lowest BCUT2D eigenvalue weighted by molar-refractivity contribution is 0.435. The molecule has 3 aromatic rings. The molecule has 4 heteroatoms. The van der Waals surface area contributed by atoms with Gasteiger partial charge in [-0.2, -0.15) is 5.10 Å². The van der Waals surface area contributed by atoms with Gasteiger partial charge in [0.05, 0.1) is 18.0 Å². The van der Waals surface area contributed by atoms with Crippen LogP contribution < -0.4 is 4.80 Å². The zero-order valence-corrected chi connectivity index (χ0v) is 15.4. The lowest BCUT2D eigenvalue weighted by Gasteiger charge is -2.16. The largest absolute Gasteiger partial charge is 0.254 e. The minimum atomic E-state index is 0.464. The molecule has 4 rings (SSSR count). The fourth-order valence-corrected chi connectivity index (χ4v) is 4.34. The minimum Gasteiger partial charge on any atom is -0.254 e. The Balaban J connectivity index is 1.69. The number of nitrogens with zero attached hydrogens (tertiary/aromatic N) is 3. The Hall–Kier alpha value is -2.20. The molecule has 0 saturated heterocycles. The van der Waals surface area contributed by atoms with E-state index in [1.54, 1.807) is 11.3 Å². The molecule has 1 saturated carbocycles. The van der Waals surface area contributed by atoms with E-state index in [0.29, 0.717) is 6.04 Å². The van der Waals surface area contributed by atoms with Crippen LogP contribution in [0.1, 0.15) is 43.4 Å². The highest BCUT2D eigenvalue weighted by atomic mass is 32.1. The molecule has 0 N–H and O–H groups in total. The summed E-state index contributed by atoms with van der Waals surface area (Å²) in [5, 5.41) is 9.37.